The average molecular weight is 742 g/mol. The van der Waals surface area contributed by atoms with E-state index in [1.165, 1.54) is 62.7 Å². The van der Waals surface area contributed by atoms with Crippen molar-refractivity contribution in [2.24, 2.45) is 5.92 Å². The standard InChI is InChI=1S/C39H71N3O10/c1-4-34(43)31-42(32-35(44)33(2)3)38(47)21-23-40-37(46)22-25-50-27-29-52-30-28-51-26-24-41-36(45)19-17-15-13-11-9-7-5-6-8-10-12-14-16-18-20-39(48)49/h33H,4-32H2,1-3H3,(H,40,46)(H,41,45)(H,48,49). The Kier molecular flexibility index (Phi) is 33.2. The summed E-state index contributed by atoms with van der Waals surface area (Å²) in [5.41, 5.74) is 0. The molecular formula is C39H71N3O10. The first-order chi connectivity index (χ1) is 25.1. The molecule has 302 valence electrons. The summed E-state index contributed by atoms with van der Waals surface area (Å²) >= 11 is 0. The third-order valence-corrected chi connectivity index (χ3v) is 8.60. The highest BCUT2D eigenvalue weighted by atomic mass is 16.5. The van der Waals surface area contributed by atoms with Gasteiger partial charge in [0.2, 0.25) is 17.7 Å². The first-order valence-corrected chi connectivity index (χ1v) is 19.9. The molecule has 0 aromatic carbocycles. The molecule has 13 nitrogen and oxygen atoms in total. The van der Waals surface area contributed by atoms with Crippen LogP contribution in [0, 0.1) is 5.92 Å². The predicted octanol–water partition coefficient (Wildman–Crippen LogP) is 5.41. The van der Waals surface area contributed by atoms with Crippen LogP contribution in [0.25, 0.3) is 0 Å². The van der Waals surface area contributed by atoms with Crippen LogP contribution in [-0.2, 0) is 43.0 Å². The van der Waals surface area contributed by atoms with E-state index in [1.807, 2.05) is 0 Å². The maximum atomic E-state index is 12.5. The number of rotatable bonds is 38. The van der Waals surface area contributed by atoms with Crippen LogP contribution >= 0.6 is 0 Å². The third kappa shape index (κ3) is 33.0. The summed E-state index contributed by atoms with van der Waals surface area (Å²) in [5.74, 6) is -1.72. The lowest BCUT2D eigenvalue weighted by atomic mass is 10.0. The number of ketones is 2. The topological polar surface area (TPSA) is 178 Å². The number of nitrogens with one attached hydrogen (secondary N) is 2. The number of unbranched alkanes of at least 4 members (excludes halogenated alkanes) is 13. The fourth-order valence-electron chi connectivity index (χ4n) is 5.22. The van der Waals surface area contributed by atoms with Crippen LogP contribution < -0.4 is 10.6 Å². The first kappa shape index (κ1) is 49.1. The lowest BCUT2D eigenvalue weighted by Crippen LogP contribution is -2.41. The summed E-state index contributed by atoms with van der Waals surface area (Å²) in [4.78, 5) is 72.3. The van der Waals surface area contributed by atoms with Crippen LogP contribution in [0.4, 0.5) is 0 Å². The van der Waals surface area contributed by atoms with Crippen molar-refractivity contribution >= 4 is 35.3 Å². The third-order valence-electron chi connectivity index (χ3n) is 8.60. The summed E-state index contributed by atoms with van der Waals surface area (Å²) < 4.78 is 16.4. The molecule has 13 heteroatoms. The molecule has 0 rings (SSSR count). The zero-order chi connectivity index (χ0) is 38.7. The summed E-state index contributed by atoms with van der Waals surface area (Å²) in [5, 5.41) is 14.2. The second kappa shape index (κ2) is 35.1. The fraction of sp³-hybridized carbons (Fsp3) is 0.846. The molecule has 0 atom stereocenters. The number of carbonyl (C=O) groups excluding carboxylic acids is 5. The van der Waals surface area contributed by atoms with E-state index < -0.39 is 5.97 Å². The normalized spacial score (nSPS) is 11.1. The zero-order valence-electron chi connectivity index (χ0n) is 32.7. The number of carboxylic acids is 1. The number of hydrogen-bond donors (Lipinski definition) is 3. The van der Waals surface area contributed by atoms with E-state index in [9.17, 15) is 28.8 Å². The van der Waals surface area contributed by atoms with E-state index >= 15 is 0 Å². The molecule has 3 amide bonds. The van der Waals surface area contributed by atoms with Crippen LogP contribution in [0.5, 0.6) is 0 Å². The lowest BCUT2D eigenvalue weighted by Gasteiger charge is -2.22. The molecule has 0 bridgehead atoms. The number of nitrogens with zero attached hydrogens (tertiary/aromatic N) is 1. The molecule has 0 unspecified atom stereocenters. The summed E-state index contributed by atoms with van der Waals surface area (Å²) in [6, 6.07) is 0. The largest absolute Gasteiger partial charge is 0.481 e. The van der Waals surface area contributed by atoms with E-state index in [-0.39, 0.29) is 80.7 Å². The van der Waals surface area contributed by atoms with E-state index in [0.29, 0.717) is 52.4 Å². The van der Waals surface area contributed by atoms with Gasteiger partial charge in [-0.15, -0.1) is 0 Å². The Morgan fingerprint density at radius 3 is 1.48 bits per heavy atom. The molecular weight excluding hydrogens is 670 g/mol. The number of aliphatic carboxylic acids is 1. The number of Topliss-reactive ketones (excluding diaryl/α,β-unsaturated/α-hetero) is 2. The first-order valence-electron chi connectivity index (χ1n) is 19.9. The Labute approximate surface area is 313 Å². The molecule has 0 saturated carbocycles. The van der Waals surface area contributed by atoms with E-state index in [2.05, 4.69) is 10.6 Å². The maximum absolute atomic E-state index is 12.5. The van der Waals surface area contributed by atoms with Gasteiger partial charge in [0.05, 0.1) is 52.7 Å². The Bertz CT molecular complexity index is 976. The minimum Gasteiger partial charge on any atom is -0.481 e. The number of carboxylic acid groups (broad SMARTS) is 1. The number of amides is 3. The Morgan fingerprint density at radius 1 is 0.538 bits per heavy atom. The van der Waals surface area contributed by atoms with Crippen molar-refractivity contribution < 1.29 is 48.1 Å². The SMILES string of the molecule is CCC(=O)CN(CC(=O)C(C)C)C(=O)CCNC(=O)CCOCCOCCOCCNC(=O)CCCCCCCCCCCCCCCCC(=O)O. The van der Waals surface area contributed by atoms with Gasteiger partial charge < -0.3 is 34.9 Å². The molecule has 0 aromatic rings. The van der Waals surface area contributed by atoms with Crippen LogP contribution in [-0.4, -0.2) is 111 Å². The van der Waals surface area contributed by atoms with Gasteiger partial charge in [0.15, 0.2) is 11.6 Å². The van der Waals surface area contributed by atoms with Crippen molar-refractivity contribution in [1.82, 2.24) is 15.5 Å². The molecule has 52 heavy (non-hydrogen) atoms. The average Bonchev–Trinajstić information content (AvgIpc) is 3.11. The smallest absolute Gasteiger partial charge is 0.303 e. The van der Waals surface area contributed by atoms with Crippen LogP contribution in [0.15, 0.2) is 0 Å². The number of ether oxygens (including phenoxy) is 3. The highest BCUT2D eigenvalue weighted by Gasteiger charge is 2.21. The van der Waals surface area contributed by atoms with Crippen molar-refractivity contribution in [3.63, 3.8) is 0 Å². The molecule has 0 aliphatic carbocycles. The highest BCUT2D eigenvalue weighted by Crippen LogP contribution is 2.14. The van der Waals surface area contributed by atoms with Crippen molar-refractivity contribution in [2.75, 3.05) is 65.8 Å². The lowest BCUT2D eigenvalue weighted by molar-refractivity contribution is -0.139. The van der Waals surface area contributed by atoms with Crippen molar-refractivity contribution in [1.29, 1.82) is 0 Å². The molecule has 0 heterocycles. The van der Waals surface area contributed by atoms with Gasteiger partial charge in [-0.2, -0.15) is 0 Å². The Morgan fingerprint density at radius 2 is 0.981 bits per heavy atom. The maximum Gasteiger partial charge on any atom is 0.303 e. The second-order valence-corrected chi connectivity index (χ2v) is 13.6. The minimum absolute atomic E-state index is 0.00285. The number of hydrogen-bond acceptors (Lipinski definition) is 9. The van der Waals surface area contributed by atoms with E-state index in [0.717, 1.165) is 32.1 Å². The molecule has 0 aliphatic rings. The van der Waals surface area contributed by atoms with Crippen LogP contribution in [0.1, 0.15) is 143 Å². The van der Waals surface area contributed by atoms with Crippen LogP contribution in [0.2, 0.25) is 0 Å². The monoisotopic (exact) mass is 742 g/mol. The summed E-state index contributed by atoms with van der Waals surface area (Å²) in [6.07, 6.45) is 17.5. The van der Waals surface area contributed by atoms with Gasteiger partial charge in [0, 0.05) is 51.1 Å². The molecule has 0 radical (unpaired) electrons. The van der Waals surface area contributed by atoms with Crippen LogP contribution in [0.3, 0.4) is 0 Å². The van der Waals surface area contributed by atoms with Gasteiger partial charge in [-0.25, -0.2) is 0 Å². The van der Waals surface area contributed by atoms with Gasteiger partial charge in [-0.1, -0.05) is 97.8 Å². The van der Waals surface area contributed by atoms with Crippen molar-refractivity contribution in [3.05, 3.63) is 0 Å². The zero-order valence-corrected chi connectivity index (χ0v) is 32.7. The number of carbonyl (C=O) groups is 6. The quantitative estimate of drug-likeness (QED) is 0.0694. The molecule has 0 fully saturated rings. The second-order valence-electron chi connectivity index (χ2n) is 13.6. The summed E-state index contributed by atoms with van der Waals surface area (Å²) in [7, 11) is 0. The van der Waals surface area contributed by atoms with E-state index in [4.69, 9.17) is 19.3 Å². The van der Waals surface area contributed by atoms with Gasteiger partial charge in [0.1, 0.15) is 0 Å². The van der Waals surface area contributed by atoms with Crippen molar-refractivity contribution in [2.45, 2.75) is 143 Å². The fourth-order valence-corrected chi connectivity index (χ4v) is 5.22. The van der Waals surface area contributed by atoms with Gasteiger partial charge in [-0.3, -0.25) is 28.8 Å². The van der Waals surface area contributed by atoms with Gasteiger partial charge in [0.25, 0.3) is 0 Å². The molecule has 0 aliphatic heterocycles. The molecule has 0 aromatic heterocycles. The minimum atomic E-state index is -0.693. The van der Waals surface area contributed by atoms with Gasteiger partial charge in [-0.05, 0) is 12.8 Å². The molecule has 0 saturated heterocycles. The Hall–Kier alpha value is -2.90. The van der Waals surface area contributed by atoms with E-state index in [1.54, 1.807) is 20.8 Å². The highest BCUT2D eigenvalue weighted by molar-refractivity contribution is 5.91. The van der Waals surface area contributed by atoms with Gasteiger partial charge >= 0.3 is 5.97 Å². The summed E-state index contributed by atoms with van der Waals surface area (Å²) in [6.45, 7) is 7.69. The predicted molar refractivity (Wildman–Crippen MR) is 201 cm³/mol. The van der Waals surface area contributed by atoms with Crippen molar-refractivity contribution in [3.8, 4) is 0 Å². The Balaban J connectivity index is 3.53. The molecule has 0 spiro atoms. The molecule has 3 N–H and O–H groups in total.